The minimum absolute atomic E-state index is 0.0364. The Morgan fingerprint density at radius 2 is 1.84 bits per heavy atom. The lowest BCUT2D eigenvalue weighted by Gasteiger charge is -2.23. The number of carbonyl (C=O) groups excluding carboxylic acids is 2. The molecule has 3 aromatic rings. The number of aromatic nitrogens is 1. The molecule has 0 aliphatic carbocycles. The fourth-order valence-corrected chi connectivity index (χ4v) is 3.82. The van der Waals surface area contributed by atoms with E-state index in [2.05, 4.69) is 4.98 Å². The van der Waals surface area contributed by atoms with E-state index in [0.29, 0.717) is 36.0 Å². The molecule has 0 radical (unpaired) electrons. The number of fused-ring (bicyclic) bond motifs is 1. The van der Waals surface area contributed by atoms with Crippen molar-refractivity contribution in [3.05, 3.63) is 83.6 Å². The van der Waals surface area contributed by atoms with Crippen LogP contribution in [0.3, 0.4) is 0 Å². The number of nitrogens with zero attached hydrogens (tertiary/aromatic N) is 2. The van der Waals surface area contributed by atoms with E-state index in [9.17, 15) is 14.7 Å². The molecule has 5 rings (SSSR count). The maximum absolute atomic E-state index is 13.0. The number of rotatable bonds is 4. The van der Waals surface area contributed by atoms with E-state index in [1.54, 1.807) is 54.9 Å². The fourth-order valence-electron chi connectivity index (χ4n) is 3.82. The summed E-state index contributed by atoms with van der Waals surface area (Å²) in [7, 11) is 0. The van der Waals surface area contributed by atoms with E-state index in [4.69, 9.17) is 13.9 Å². The van der Waals surface area contributed by atoms with Crippen molar-refractivity contribution in [2.24, 2.45) is 0 Å². The SMILES string of the molecule is O=C1C(=O)N(Cc2ccncc2)C(c2ccco2)/C1=C(\O)c1ccc2c(c1)OCCO2. The van der Waals surface area contributed by atoms with Crippen molar-refractivity contribution in [1.29, 1.82) is 0 Å². The fraction of sp³-hybridized carbons (Fsp3) is 0.174. The summed E-state index contributed by atoms with van der Waals surface area (Å²) in [5.74, 6) is -0.374. The molecule has 0 bridgehead atoms. The van der Waals surface area contributed by atoms with Crippen LogP contribution < -0.4 is 9.47 Å². The highest BCUT2D eigenvalue weighted by atomic mass is 16.6. The minimum Gasteiger partial charge on any atom is -0.507 e. The predicted molar refractivity (Wildman–Crippen MR) is 108 cm³/mol. The Bertz CT molecular complexity index is 1170. The molecule has 1 fully saturated rings. The Kier molecular flexibility index (Phi) is 4.66. The third-order valence-corrected chi connectivity index (χ3v) is 5.27. The lowest BCUT2D eigenvalue weighted by molar-refractivity contribution is -0.140. The molecule has 2 aromatic heterocycles. The number of ether oxygens (including phenoxy) is 2. The number of aliphatic hydroxyl groups is 1. The lowest BCUT2D eigenvalue weighted by Crippen LogP contribution is -2.29. The molecular weight excluding hydrogens is 400 g/mol. The van der Waals surface area contributed by atoms with Gasteiger partial charge in [-0.25, -0.2) is 0 Å². The van der Waals surface area contributed by atoms with E-state index < -0.39 is 17.7 Å². The summed E-state index contributed by atoms with van der Waals surface area (Å²) >= 11 is 0. The molecule has 31 heavy (non-hydrogen) atoms. The van der Waals surface area contributed by atoms with Crippen molar-refractivity contribution in [2.45, 2.75) is 12.6 Å². The zero-order valence-corrected chi connectivity index (χ0v) is 16.4. The maximum atomic E-state index is 13.0. The molecule has 1 unspecified atom stereocenters. The Balaban J connectivity index is 1.60. The molecule has 1 saturated heterocycles. The second kappa shape index (κ2) is 7.64. The minimum atomic E-state index is -0.864. The van der Waals surface area contributed by atoms with Crippen LogP contribution in [-0.4, -0.2) is 39.9 Å². The van der Waals surface area contributed by atoms with E-state index in [-0.39, 0.29) is 17.9 Å². The Morgan fingerprint density at radius 3 is 2.58 bits per heavy atom. The van der Waals surface area contributed by atoms with Crippen LogP contribution in [0.4, 0.5) is 0 Å². The first-order valence-corrected chi connectivity index (χ1v) is 9.74. The molecule has 8 heteroatoms. The second-order valence-electron chi connectivity index (χ2n) is 7.16. The summed E-state index contributed by atoms with van der Waals surface area (Å²) in [5, 5.41) is 11.1. The third kappa shape index (κ3) is 3.31. The van der Waals surface area contributed by atoms with Crippen molar-refractivity contribution < 1.29 is 28.6 Å². The van der Waals surface area contributed by atoms with Crippen LogP contribution in [0.1, 0.15) is 22.9 Å². The Hall–Kier alpha value is -4.07. The largest absolute Gasteiger partial charge is 0.507 e. The summed E-state index contributed by atoms with van der Waals surface area (Å²) in [6.07, 6.45) is 4.69. The van der Waals surface area contributed by atoms with Crippen molar-refractivity contribution in [3.63, 3.8) is 0 Å². The molecular formula is C23H18N2O6. The molecule has 1 N–H and O–H groups in total. The van der Waals surface area contributed by atoms with Gasteiger partial charge in [0, 0.05) is 24.5 Å². The monoisotopic (exact) mass is 418 g/mol. The van der Waals surface area contributed by atoms with Gasteiger partial charge >= 0.3 is 0 Å². The molecule has 156 valence electrons. The zero-order chi connectivity index (χ0) is 21.4. The van der Waals surface area contributed by atoms with Crippen LogP contribution in [0.5, 0.6) is 11.5 Å². The van der Waals surface area contributed by atoms with Crippen LogP contribution in [0.15, 0.2) is 71.1 Å². The Morgan fingerprint density at radius 1 is 1.06 bits per heavy atom. The number of amides is 1. The lowest BCUT2D eigenvalue weighted by atomic mass is 9.99. The van der Waals surface area contributed by atoms with Crippen molar-refractivity contribution in [2.75, 3.05) is 13.2 Å². The predicted octanol–water partition coefficient (Wildman–Crippen LogP) is 3.07. The molecule has 1 aromatic carbocycles. The molecule has 0 saturated carbocycles. The highest BCUT2D eigenvalue weighted by Gasteiger charge is 2.47. The highest BCUT2D eigenvalue weighted by Crippen LogP contribution is 2.41. The van der Waals surface area contributed by atoms with Gasteiger partial charge in [0.05, 0.1) is 11.8 Å². The molecule has 1 atom stereocenters. The van der Waals surface area contributed by atoms with Gasteiger partial charge in [-0.1, -0.05) is 0 Å². The molecule has 4 heterocycles. The first-order valence-electron chi connectivity index (χ1n) is 9.74. The number of hydrogen-bond donors (Lipinski definition) is 1. The quantitative estimate of drug-likeness (QED) is 0.395. The number of carbonyl (C=O) groups is 2. The van der Waals surface area contributed by atoms with Crippen LogP contribution in [0, 0.1) is 0 Å². The van der Waals surface area contributed by atoms with Crippen LogP contribution in [-0.2, 0) is 16.1 Å². The molecule has 8 nitrogen and oxygen atoms in total. The van der Waals surface area contributed by atoms with E-state index >= 15 is 0 Å². The van der Waals surface area contributed by atoms with Gasteiger partial charge in [-0.2, -0.15) is 0 Å². The zero-order valence-electron chi connectivity index (χ0n) is 16.4. The van der Waals surface area contributed by atoms with Crippen LogP contribution >= 0.6 is 0 Å². The first-order chi connectivity index (χ1) is 15.1. The van der Waals surface area contributed by atoms with E-state index in [0.717, 1.165) is 5.56 Å². The van der Waals surface area contributed by atoms with Crippen molar-refractivity contribution in [1.82, 2.24) is 9.88 Å². The standard InChI is InChI=1S/C23H18N2O6/c26-21(15-3-4-16-18(12-15)31-11-10-30-16)19-20(17-2-1-9-29-17)25(23(28)22(19)27)13-14-5-7-24-8-6-14/h1-9,12,20,26H,10-11,13H2/b21-19+. The summed E-state index contributed by atoms with van der Waals surface area (Å²) in [6.45, 7) is 0.993. The number of furan rings is 1. The number of aliphatic hydroxyl groups excluding tert-OH is 1. The summed E-state index contributed by atoms with van der Waals surface area (Å²) < 4.78 is 16.6. The second-order valence-corrected chi connectivity index (χ2v) is 7.16. The normalized spacial score (nSPS) is 19.6. The third-order valence-electron chi connectivity index (χ3n) is 5.27. The van der Waals surface area contributed by atoms with Gasteiger partial charge in [0.1, 0.15) is 30.8 Å². The van der Waals surface area contributed by atoms with E-state index in [1.807, 2.05) is 0 Å². The van der Waals surface area contributed by atoms with Crippen molar-refractivity contribution >= 4 is 17.4 Å². The smallest absolute Gasteiger partial charge is 0.296 e. The average molecular weight is 418 g/mol. The maximum Gasteiger partial charge on any atom is 0.296 e. The van der Waals surface area contributed by atoms with Crippen molar-refractivity contribution in [3.8, 4) is 11.5 Å². The number of likely N-dealkylation sites (tertiary alicyclic amines) is 1. The number of ketones is 1. The summed E-state index contributed by atoms with van der Waals surface area (Å²) in [4.78, 5) is 31.3. The van der Waals surface area contributed by atoms with Gasteiger partial charge in [0.2, 0.25) is 0 Å². The summed E-state index contributed by atoms with van der Waals surface area (Å²) in [5.41, 5.74) is 1.11. The summed E-state index contributed by atoms with van der Waals surface area (Å²) in [6, 6.07) is 10.9. The molecule has 1 amide bonds. The van der Waals surface area contributed by atoms with Gasteiger partial charge in [-0.05, 0) is 48.0 Å². The van der Waals surface area contributed by atoms with Crippen LogP contribution in [0.2, 0.25) is 0 Å². The molecule has 2 aliphatic rings. The highest BCUT2D eigenvalue weighted by molar-refractivity contribution is 6.46. The van der Waals surface area contributed by atoms with Gasteiger partial charge < -0.3 is 23.9 Å². The van der Waals surface area contributed by atoms with Gasteiger partial charge in [0.15, 0.2) is 11.5 Å². The number of Topliss-reactive ketones (excluding diaryl/α,β-unsaturated/α-hetero) is 1. The van der Waals surface area contributed by atoms with Crippen LogP contribution in [0.25, 0.3) is 5.76 Å². The number of hydrogen-bond acceptors (Lipinski definition) is 7. The number of benzene rings is 1. The Labute approximate surface area is 177 Å². The number of pyridine rings is 1. The average Bonchev–Trinajstić information content (AvgIpc) is 3.42. The van der Waals surface area contributed by atoms with Gasteiger partial charge in [-0.15, -0.1) is 0 Å². The first kappa shape index (κ1) is 18.9. The van der Waals surface area contributed by atoms with Gasteiger partial charge in [-0.3, -0.25) is 14.6 Å². The molecule has 0 spiro atoms. The van der Waals surface area contributed by atoms with Gasteiger partial charge in [0.25, 0.3) is 11.7 Å². The topological polar surface area (TPSA) is 102 Å². The van der Waals surface area contributed by atoms with E-state index in [1.165, 1.54) is 11.2 Å². The molecule has 2 aliphatic heterocycles.